The van der Waals surface area contributed by atoms with E-state index in [0.717, 1.165) is 12.8 Å². The van der Waals surface area contributed by atoms with Gasteiger partial charge in [0.1, 0.15) is 5.82 Å². The van der Waals surface area contributed by atoms with Gasteiger partial charge in [0.05, 0.1) is 16.8 Å². The Hall–Kier alpha value is -2.02. The van der Waals surface area contributed by atoms with E-state index in [0.29, 0.717) is 11.7 Å². The maximum atomic E-state index is 14.0. The van der Waals surface area contributed by atoms with Gasteiger partial charge in [-0.25, -0.2) is 4.39 Å². The van der Waals surface area contributed by atoms with Crippen molar-refractivity contribution in [3.8, 4) is 12.3 Å². The number of terminal acetylenes is 1. The van der Waals surface area contributed by atoms with Gasteiger partial charge in [0.2, 0.25) is 0 Å². The number of nitrogens with one attached hydrogen (secondary N) is 2. The molecule has 1 saturated carbocycles. The molecule has 4 heteroatoms. The molecule has 1 amide bonds. The van der Waals surface area contributed by atoms with Crippen molar-refractivity contribution in [3.05, 3.63) is 29.6 Å². The summed E-state index contributed by atoms with van der Waals surface area (Å²) in [5.41, 5.74) is -0.254. The van der Waals surface area contributed by atoms with Crippen LogP contribution in [-0.2, 0) is 0 Å². The first-order chi connectivity index (χ1) is 9.43. The van der Waals surface area contributed by atoms with Gasteiger partial charge in [-0.05, 0) is 45.2 Å². The summed E-state index contributed by atoms with van der Waals surface area (Å²) in [5, 5.41) is 5.88. The summed E-state index contributed by atoms with van der Waals surface area (Å²) in [5.74, 6) is 1.43. The fourth-order valence-corrected chi connectivity index (χ4v) is 2.03. The van der Waals surface area contributed by atoms with E-state index < -0.39 is 17.3 Å². The van der Waals surface area contributed by atoms with Crippen LogP contribution in [0.15, 0.2) is 18.2 Å². The van der Waals surface area contributed by atoms with Gasteiger partial charge in [0.25, 0.3) is 5.91 Å². The van der Waals surface area contributed by atoms with Crippen LogP contribution in [0.1, 0.15) is 43.5 Å². The Morgan fingerprint density at radius 1 is 1.45 bits per heavy atom. The lowest BCUT2D eigenvalue weighted by atomic mass is 9.92. The van der Waals surface area contributed by atoms with Crippen LogP contribution in [0.2, 0.25) is 0 Å². The quantitative estimate of drug-likeness (QED) is 0.829. The Morgan fingerprint density at radius 2 is 2.15 bits per heavy atom. The SMILES string of the molecule is C#CC(C)(C)NC(=O)c1c(F)cccc1NC1CCC1. The lowest BCUT2D eigenvalue weighted by Gasteiger charge is -2.29. The van der Waals surface area contributed by atoms with Gasteiger partial charge < -0.3 is 10.6 Å². The molecule has 2 N–H and O–H groups in total. The highest BCUT2D eigenvalue weighted by Gasteiger charge is 2.25. The molecule has 0 bridgehead atoms. The third kappa shape index (κ3) is 3.11. The molecule has 0 aromatic heterocycles. The number of anilines is 1. The van der Waals surface area contributed by atoms with Crippen LogP contribution >= 0.6 is 0 Å². The molecule has 0 spiro atoms. The van der Waals surface area contributed by atoms with Gasteiger partial charge in [0, 0.05) is 6.04 Å². The predicted octanol–water partition coefficient (Wildman–Crippen LogP) is 2.93. The van der Waals surface area contributed by atoms with Crippen molar-refractivity contribution < 1.29 is 9.18 Å². The van der Waals surface area contributed by atoms with E-state index in [4.69, 9.17) is 6.42 Å². The zero-order valence-corrected chi connectivity index (χ0v) is 11.8. The van der Waals surface area contributed by atoms with Crippen LogP contribution in [0, 0.1) is 18.2 Å². The monoisotopic (exact) mass is 274 g/mol. The highest BCUT2D eigenvalue weighted by Crippen LogP contribution is 2.27. The standard InChI is InChI=1S/C16H19FN2O/c1-4-16(2,3)19-15(20)14-12(17)9-6-10-13(14)18-11-7-5-8-11/h1,6,9-11,18H,5,7-8H2,2-3H3,(H,19,20). The fourth-order valence-electron chi connectivity index (χ4n) is 2.03. The summed E-state index contributed by atoms with van der Waals surface area (Å²) in [7, 11) is 0. The molecule has 0 radical (unpaired) electrons. The van der Waals surface area contributed by atoms with E-state index in [1.54, 1.807) is 26.0 Å². The lowest BCUT2D eigenvalue weighted by Crippen LogP contribution is -2.42. The predicted molar refractivity (Wildman–Crippen MR) is 78.0 cm³/mol. The largest absolute Gasteiger partial charge is 0.382 e. The van der Waals surface area contributed by atoms with E-state index in [1.807, 2.05) is 0 Å². The second kappa shape index (κ2) is 5.54. The maximum absolute atomic E-state index is 14.0. The summed E-state index contributed by atoms with van der Waals surface area (Å²) in [4.78, 5) is 12.3. The van der Waals surface area contributed by atoms with Crippen molar-refractivity contribution in [2.24, 2.45) is 0 Å². The number of carbonyl (C=O) groups is 1. The van der Waals surface area contributed by atoms with Crippen LogP contribution in [0.4, 0.5) is 10.1 Å². The first-order valence-electron chi connectivity index (χ1n) is 6.78. The van der Waals surface area contributed by atoms with Crippen molar-refractivity contribution in [1.29, 1.82) is 0 Å². The first-order valence-corrected chi connectivity index (χ1v) is 6.78. The number of hydrogen-bond acceptors (Lipinski definition) is 2. The second-order valence-corrected chi connectivity index (χ2v) is 5.66. The van der Waals surface area contributed by atoms with E-state index in [9.17, 15) is 9.18 Å². The molecule has 0 atom stereocenters. The zero-order valence-electron chi connectivity index (χ0n) is 11.8. The lowest BCUT2D eigenvalue weighted by molar-refractivity contribution is 0.0926. The van der Waals surface area contributed by atoms with E-state index in [-0.39, 0.29) is 5.56 Å². The summed E-state index contributed by atoms with van der Waals surface area (Å²) < 4.78 is 14.0. The molecule has 0 heterocycles. The molecule has 3 nitrogen and oxygen atoms in total. The molecule has 1 aliphatic carbocycles. The number of hydrogen-bond donors (Lipinski definition) is 2. The second-order valence-electron chi connectivity index (χ2n) is 5.66. The number of benzene rings is 1. The summed E-state index contributed by atoms with van der Waals surface area (Å²) >= 11 is 0. The summed E-state index contributed by atoms with van der Waals surface area (Å²) in [6.07, 6.45) is 8.61. The molecule has 0 saturated heterocycles. The van der Waals surface area contributed by atoms with Crippen molar-refractivity contribution in [2.75, 3.05) is 5.32 Å². The number of rotatable bonds is 4. The average Bonchev–Trinajstić information content (AvgIpc) is 2.33. The van der Waals surface area contributed by atoms with Gasteiger partial charge >= 0.3 is 0 Å². The minimum absolute atomic E-state index is 0.0303. The van der Waals surface area contributed by atoms with Gasteiger partial charge in [0.15, 0.2) is 0 Å². The molecule has 2 rings (SSSR count). The Balaban J connectivity index is 2.25. The molecule has 20 heavy (non-hydrogen) atoms. The number of carbonyl (C=O) groups excluding carboxylic acids is 1. The highest BCUT2D eigenvalue weighted by atomic mass is 19.1. The molecule has 0 aliphatic heterocycles. The van der Waals surface area contributed by atoms with Crippen LogP contribution in [0.25, 0.3) is 0 Å². The molecule has 1 aromatic carbocycles. The molecular formula is C16H19FN2O. The third-order valence-corrected chi connectivity index (χ3v) is 3.49. The third-order valence-electron chi connectivity index (χ3n) is 3.49. The first kappa shape index (κ1) is 14.4. The van der Waals surface area contributed by atoms with Crippen LogP contribution in [-0.4, -0.2) is 17.5 Å². The Morgan fingerprint density at radius 3 is 2.70 bits per heavy atom. The molecule has 1 fully saturated rings. The maximum Gasteiger partial charge on any atom is 0.257 e. The average molecular weight is 274 g/mol. The van der Waals surface area contributed by atoms with Gasteiger partial charge in [-0.2, -0.15) is 0 Å². The topological polar surface area (TPSA) is 41.1 Å². The summed E-state index contributed by atoms with van der Waals surface area (Å²) in [6.45, 7) is 3.40. The van der Waals surface area contributed by atoms with Crippen LogP contribution in [0.5, 0.6) is 0 Å². The van der Waals surface area contributed by atoms with Crippen molar-refractivity contribution in [3.63, 3.8) is 0 Å². The Kier molecular flexibility index (Phi) is 3.99. The summed E-state index contributed by atoms with van der Waals surface area (Å²) in [6, 6.07) is 4.92. The Labute approximate surface area is 119 Å². The van der Waals surface area contributed by atoms with E-state index >= 15 is 0 Å². The van der Waals surface area contributed by atoms with Crippen molar-refractivity contribution >= 4 is 11.6 Å². The molecule has 1 aliphatic rings. The fraction of sp³-hybridized carbons (Fsp3) is 0.438. The normalized spacial score (nSPS) is 15.1. The smallest absolute Gasteiger partial charge is 0.257 e. The zero-order chi connectivity index (χ0) is 14.8. The van der Waals surface area contributed by atoms with Gasteiger partial charge in [-0.3, -0.25) is 4.79 Å². The minimum atomic E-state index is -0.812. The number of amides is 1. The van der Waals surface area contributed by atoms with E-state index in [1.165, 1.54) is 12.5 Å². The highest BCUT2D eigenvalue weighted by molar-refractivity contribution is 6.00. The van der Waals surface area contributed by atoms with E-state index in [2.05, 4.69) is 16.6 Å². The molecule has 1 aromatic rings. The Bertz CT molecular complexity index is 556. The van der Waals surface area contributed by atoms with Crippen molar-refractivity contribution in [1.82, 2.24) is 5.32 Å². The molecule has 106 valence electrons. The van der Waals surface area contributed by atoms with Crippen molar-refractivity contribution in [2.45, 2.75) is 44.7 Å². The van der Waals surface area contributed by atoms with Gasteiger partial charge in [-0.1, -0.05) is 12.0 Å². The van der Waals surface area contributed by atoms with Crippen LogP contribution < -0.4 is 10.6 Å². The number of halogens is 1. The molecular weight excluding hydrogens is 255 g/mol. The minimum Gasteiger partial charge on any atom is -0.382 e. The van der Waals surface area contributed by atoms with Crippen LogP contribution in [0.3, 0.4) is 0 Å². The van der Waals surface area contributed by atoms with Gasteiger partial charge in [-0.15, -0.1) is 6.42 Å². The molecule has 0 unspecified atom stereocenters.